The van der Waals surface area contributed by atoms with Crippen molar-refractivity contribution in [2.45, 2.75) is 44.9 Å². The third kappa shape index (κ3) is 4.86. The Labute approximate surface area is 211 Å². The molecule has 36 heavy (non-hydrogen) atoms. The lowest BCUT2D eigenvalue weighted by molar-refractivity contribution is 0.0536. The van der Waals surface area contributed by atoms with Gasteiger partial charge in [0.2, 0.25) is 0 Å². The summed E-state index contributed by atoms with van der Waals surface area (Å²) in [6.07, 6.45) is 2.22. The van der Waals surface area contributed by atoms with Gasteiger partial charge in [0.15, 0.2) is 5.69 Å². The Kier molecular flexibility index (Phi) is 7.04. The maximum Gasteiger partial charge on any atom is 0.274 e. The number of para-hydroxylation sites is 1. The molecule has 5 rings (SSSR count). The summed E-state index contributed by atoms with van der Waals surface area (Å²) in [7, 11) is 1.56. The van der Waals surface area contributed by atoms with Gasteiger partial charge in [-0.05, 0) is 37.0 Å². The summed E-state index contributed by atoms with van der Waals surface area (Å²) in [6.45, 7) is 2.56. The maximum atomic E-state index is 13.6. The number of aliphatic hydroxyl groups is 1. The number of nitrogens with zero attached hydrogens (tertiary/aromatic N) is 4. The molecule has 2 aliphatic rings. The van der Waals surface area contributed by atoms with E-state index in [0.717, 1.165) is 17.7 Å². The van der Waals surface area contributed by atoms with Gasteiger partial charge in [0, 0.05) is 43.9 Å². The number of hydrogen-bond donors (Lipinski definition) is 1. The summed E-state index contributed by atoms with van der Waals surface area (Å²) >= 11 is 0. The fourth-order valence-corrected chi connectivity index (χ4v) is 5.11. The number of aromatic nitrogens is 2. The van der Waals surface area contributed by atoms with Crippen LogP contribution in [0.2, 0.25) is 0 Å². The molecule has 8 nitrogen and oxygen atoms in total. The topological polar surface area (TPSA) is 87.9 Å². The number of aliphatic hydroxyl groups excluding tert-OH is 1. The van der Waals surface area contributed by atoms with Crippen LogP contribution in [-0.2, 0) is 25.9 Å². The number of aryl methyl sites for hydroxylation is 2. The van der Waals surface area contributed by atoms with Crippen molar-refractivity contribution >= 4 is 11.8 Å². The van der Waals surface area contributed by atoms with Gasteiger partial charge < -0.3 is 19.6 Å². The van der Waals surface area contributed by atoms with E-state index in [-0.39, 0.29) is 17.9 Å². The minimum absolute atomic E-state index is 0.116. The van der Waals surface area contributed by atoms with Crippen LogP contribution in [0.5, 0.6) is 5.75 Å². The molecule has 0 unspecified atom stereocenters. The van der Waals surface area contributed by atoms with E-state index in [2.05, 4.69) is 12.1 Å². The molecule has 1 fully saturated rings. The minimum atomic E-state index is -0.361. The molecule has 0 bridgehead atoms. The molecule has 2 aromatic carbocycles. The average Bonchev–Trinajstić information content (AvgIpc) is 3.30. The van der Waals surface area contributed by atoms with Crippen molar-refractivity contribution in [2.24, 2.45) is 0 Å². The van der Waals surface area contributed by atoms with Crippen LogP contribution < -0.4 is 4.74 Å². The number of carbonyl (C=O) groups excluding carboxylic acids is 2. The lowest BCUT2D eigenvalue weighted by Gasteiger charge is -2.31. The first-order valence-corrected chi connectivity index (χ1v) is 12.6. The highest BCUT2D eigenvalue weighted by Gasteiger charge is 2.33. The largest absolute Gasteiger partial charge is 0.496 e. The predicted octanol–water partition coefficient (Wildman–Crippen LogP) is 2.93. The standard InChI is InChI=1S/C28H32N4O4/c1-36-25-10-6-5-9-22(25)27(34)31-17-14-24-23(19-31)26(28(35)30-15-12-21(33)13-16-30)29-32(24)18-11-20-7-3-2-4-8-20/h2-10,21,33H,11-19H2,1H3. The molecule has 2 aliphatic heterocycles. The zero-order valence-corrected chi connectivity index (χ0v) is 20.6. The summed E-state index contributed by atoms with van der Waals surface area (Å²) in [5.74, 6) is 0.299. The number of fused-ring (bicyclic) bond motifs is 1. The Morgan fingerprint density at radius 1 is 0.972 bits per heavy atom. The number of carbonyl (C=O) groups is 2. The molecular weight excluding hydrogens is 456 g/mol. The van der Waals surface area contributed by atoms with Crippen molar-refractivity contribution in [1.82, 2.24) is 19.6 Å². The van der Waals surface area contributed by atoms with Gasteiger partial charge in [-0.25, -0.2) is 0 Å². The minimum Gasteiger partial charge on any atom is -0.496 e. The third-order valence-corrected chi connectivity index (χ3v) is 7.17. The molecule has 0 atom stereocenters. The average molecular weight is 489 g/mol. The monoisotopic (exact) mass is 488 g/mol. The Hall–Kier alpha value is -3.65. The molecular formula is C28H32N4O4. The normalized spacial score (nSPS) is 16.1. The van der Waals surface area contributed by atoms with Gasteiger partial charge in [-0.2, -0.15) is 5.10 Å². The molecule has 0 radical (unpaired) electrons. The van der Waals surface area contributed by atoms with E-state index >= 15 is 0 Å². The lowest BCUT2D eigenvalue weighted by Crippen LogP contribution is -2.41. The van der Waals surface area contributed by atoms with Gasteiger partial charge in [-0.15, -0.1) is 0 Å². The summed E-state index contributed by atoms with van der Waals surface area (Å²) in [6, 6.07) is 17.4. The number of ether oxygens (including phenoxy) is 1. The molecule has 3 heterocycles. The van der Waals surface area contributed by atoms with Crippen LogP contribution in [0.1, 0.15) is 50.5 Å². The summed E-state index contributed by atoms with van der Waals surface area (Å²) in [4.78, 5) is 30.5. The van der Waals surface area contributed by atoms with Gasteiger partial charge >= 0.3 is 0 Å². The molecule has 0 saturated carbocycles. The molecule has 188 valence electrons. The van der Waals surface area contributed by atoms with Gasteiger partial charge in [0.05, 0.1) is 25.3 Å². The number of amides is 2. The first-order chi connectivity index (χ1) is 17.5. The maximum absolute atomic E-state index is 13.6. The Morgan fingerprint density at radius 2 is 1.69 bits per heavy atom. The highest BCUT2D eigenvalue weighted by atomic mass is 16.5. The SMILES string of the molecule is COc1ccccc1C(=O)N1CCc2c(c(C(=O)N3CCC(O)CC3)nn2CCc2ccccc2)C1. The molecule has 1 N–H and O–H groups in total. The second-order valence-electron chi connectivity index (χ2n) is 9.43. The van der Waals surface area contributed by atoms with Gasteiger partial charge in [0.1, 0.15) is 5.75 Å². The molecule has 0 spiro atoms. The van der Waals surface area contributed by atoms with Crippen LogP contribution in [-0.4, -0.2) is 69.3 Å². The van der Waals surface area contributed by atoms with E-state index in [0.29, 0.717) is 69.0 Å². The summed E-state index contributed by atoms with van der Waals surface area (Å²) in [5, 5.41) is 14.7. The number of likely N-dealkylation sites (tertiary alicyclic amines) is 1. The quantitative estimate of drug-likeness (QED) is 0.577. The molecule has 0 aliphatic carbocycles. The van der Waals surface area contributed by atoms with Crippen molar-refractivity contribution in [1.29, 1.82) is 0 Å². The first kappa shape index (κ1) is 24.1. The van der Waals surface area contributed by atoms with Gasteiger partial charge in [0.25, 0.3) is 11.8 Å². The highest BCUT2D eigenvalue weighted by Crippen LogP contribution is 2.28. The van der Waals surface area contributed by atoms with Crippen LogP contribution in [0.3, 0.4) is 0 Å². The van der Waals surface area contributed by atoms with Gasteiger partial charge in [-0.1, -0.05) is 42.5 Å². The third-order valence-electron chi connectivity index (χ3n) is 7.17. The molecule has 1 saturated heterocycles. The Morgan fingerprint density at radius 3 is 2.44 bits per heavy atom. The zero-order valence-electron chi connectivity index (χ0n) is 20.6. The summed E-state index contributed by atoms with van der Waals surface area (Å²) < 4.78 is 7.37. The van der Waals surface area contributed by atoms with E-state index < -0.39 is 0 Å². The number of hydrogen-bond acceptors (Lipinski definition) is 5. The Bertz CT molecular complexity index is 1230. The Balaban J connectivity index is 1.43. The zero-order chi connectivity index (χ0) is 25.1. The van der Waals surface area contributed by atoms with E-state index in [1.54, 1.807) is 29.0 Å². The number of rotatable bonds is 6. The van der Waals surface area contributed by atoms with Crippen LogP contribution in [0, 0.1) is 0 Å². The second kappa shape index (κ2) is 10.5. The van der Waals surface area contributed by atoms with E-state index in [9.17, 15) is 14.7 Å². The molecule has 2 amide bonds. The lowest BCUT2D eigenvalue weighted by atomic mass is 10.0. The predicted molar refractivity (Wildman–Crippen MR) is 135 cm³/mol. The van der Waals surface area contributed by atoms with Gasteiger partial charge in [-0.3, -0.25) is 14.3 Å². The first-order valence-electron chi connectivity index (χ1n) is 12.6. The number of piperidine rings is 1. The number of benzene rings is 2. The van der Waals surface area contributed by atoms with E-state index in [4.69, 9.17) is 9.84 Å². The van der Waals surface area contributed by atoms with Crippen LogP contribution in [0.25, 0.3) is 0 Å². The van der Waals surface area contributed by atoms with Crippen molar-refractivity contribution in [3.63, 3.8) is 0 Å². The van der Waals surface area contributed by atoms with Crippen LogP contribution in [0.15, 0.2) is 54.6 Å². The van der Waals surface area contributed by atoms with E-state index in [1.165, 1.54) is 5.56 Å². The smallest absolute Gasteiger partial charge is 0.274 e. The van der Waals surface area contributed by atoms with Crippen molar-refractivity contribution in [2.75, 3.05) is 26.7 Å². The van der Waals surface area contributed by atoms with Crippen molar-refractivity contribution in [3.05, 3.63) is 82.7 Å². The van der Waals surface area contributed by atoms with Crippen molar-refractivity contribution in [3.8, 4) is 5.75 Å². The summed E-state index contributed by atoms with van der Waals surface area (Å²) in [5.41, 5.74) is 4.00. The van der Waals surface area contributed by atoms with E-state index in [1.807, 2.05) is 35.0 Å². The second-order valence-corrected chi connectivity index (χ2v) is 9.43. The fourth-order valence-electron chi connectivity index (χ4n) is 5.11. The van der Waals surface area contributed by atoms with Crippen LogP contribution >= 0.6 is 0 Å². The molecule has 1 aromatic heterocycles. The fraction of sp³-hybridized carbons (Fsp3) is 0.393. The highest BCUT2D eigenvalue weighted by molar-refractivity contribution is 5.98. The molecule has 8 heteroatoms. The van der Waals surface area contributed by atoms with Crippen LogP contribution in [0.4, 0.5) is 0 Å². The number of methoxy groups -OCH3 is 1. The van der Waals surface area contributed by atoms with Crippen molar-refractivity contribution < 1.29 is 19.4 Å². The molecule has 3 aromatic rings.